The van der Waals surface area contributed by atoms with Crippen molar-refractivity contribution in [2.75, 3.05) is 63.9 Å². The van der Waals surface area contributed by atoms with E-state index in [1.807, 2.05) is 13.8 Å². The molecule has 11 nitrogen and oxygen atoms in total. The van der Waals surface area contributed by atoms with Gasteiger partial charge in [-0.25, -0.2) is 13.2 Å². The fraction of sp³-hybridized carbons (Fsp3) is 0.560. The number of benzene rings is 1. The highest BCUT2D eigenvalue weighted by molar-refractivity contribution is 7.89. The van der Waals surface area contributed by atoms with Crippen LogP contribution in [0.15, 0.2) is 29.4 Å². The van der Waals surface area contributed by atoms with Gasteiger partial charge >= 0.3 is 6.09 Å². The maximum atomic E-state index is 13.7. The summed E-state index contributed by atoms with van der Waals surface area (Å²) >= 11 is 0. The second-order valence-electron chi connectivity index (χ2n) is 9.36. The van der Waals surface area contributed by atoms with Gasteiger partial charge in [0.1, 0.15) is 0 Å². The molecule has 1 aromatic carbocycles. The SMILES string of the molecule is CCOC(=O)N1CCN(C(=O)c2cn(CC)nc2S(=O)(=O)N2CCN(c3cc(C)ccc3C)CC2)CC1. The number of carbonyl (C=O) groups excluding carboxylic acids is 2. The van der Waals surface area contributed by atoms with Crippen molar-refractivity contribution in [3.63, 3.8) is 0 Å². The van der Waals surface area contributed by atoms with E-state index in [1.54, 1.807) is 16.7 Å². The molecule has 0 N–H and O–H groups in total. The summed E-state index contributed by atoms with van der Waals surface area (Å²) in [4.78, 5) is 30.8. The van der Waals surface area contributed by atoms with Crippen LogP contribution in [0.3, 0.4) is 0 Å². The standard InChI is InChI=1S/C25H36N6O5S/c1-5-30-18-21(24(32)28-9-11-29(12-10-28)25(33)36-6-2)23(26-30)37(34,35)31-15-13-27(14-16-31)22-17-19(3)7-8-20(22)4/h7-8,17-18H,5-6,9-16H2,1-4H3. The van der Waals surface area contributed by atoms with Crippen LogP contribution in [-0.2, 0) is 21.3 Å². The Balaban J connectivity index is 1.49. The average Bonchev–Trinajstić information content (AvgIpc) is 3.35. The minimum atomic E-state index is -3.98. The number of sulfonamides is 1. The van der Waals surface area contributed by atoms with Gasteiger partial charge in [-0.05, 0) is 44.9 Å². The summed E-state index contributed by atoms with van der Waals surface area (Å²) in [7, 11) is -3.98. The Labute approximate surface area is 218 Å². The minimum Gasteiger partial charge on any atom is -0.450 e. The number of aromatic nitrogens is 2. The maximum Gasteiger partial charge on any atom is 0.409 e. The van der Waals surface area contributed by atoms with Crippen molar-refractivity contribution >= 4 is 27.7 Å². The van der Waals surface area contributed by atoms with Gasteiger partial charge in [-0.3, -0.25) is 9.48 Å². The molecule has 0 saturated carbocycles. The van der Waals surface area contributed by atoms with E-state index in [4.69, 9.17) is 4.74 Å². The van der Waals surface area contributed by atoms with E-state index in [-0.39, 0.29) is 17.2 Å². The van der Waals surface area contributed by atoms with Crippen LogP contribution in [-0.4, -0.2) is 103 Å². The zero-order valence-corrected chi connectivity index (χ0v) is 22.8. The van der Waals surface area contributed by atoms with E-state index < -0.39 is 22.0 Å². The van der Waals surface area contributed by atoms with E-state index in [0.29, 0.717) is 58.9 Å². The first-order chi connectivity index (χ1) is 17.6. The molecular formula is C25H36N6O5S. The van der Waals surface area contributed by atoms with E-state index in [9.17, 15) is 18.0 Å². The number of rotatable bonds is 6. The van der Waals surface area contributed by atoms with Gasteiger partial charge < -0.3 is 19.4 Å². The lowest BCUT2D eigenvalue weighted by Gasteiger charge is -2.36. The zero-order valence-electron chi connectivity index (χ0n) is 22.0. The molecule has 0 unspecified atom stereocenters. The minimum absolute atomic E-state index is 0.0726. The third-order valence-corrected chi connectivity index (χ3v) is 8.74. The van der Waals surface area contributed by atoms with Gasteiger partial charge in [0.05, 0.1) is 12.2 Å². The summed E-state index contributed by atoms with van der Waals surface area (Å²) in [6.45, 7) is 11.4. The molecule has 2 aliphatic rings. The molecule has 0 bridgehead atoms. The van der Waals surface area contributed by atoms with Crippen LogP contribution in [0.1, 0.15) is 35.3 Å². The van der Waals surface area contributed by atoms with Crippen LogP contribution in [0.4, 0.5) is 10.5 Å². The first-order valence-corrected chi connectivity index (χ1v) is 14.2. The molecule has 0 aliphatic carbocycles. The smallest absolute Gasteiger partial charge is 0.409 e. The average molecular weight is 533 g/mol. The van der Waals surface area contributed by atoms with Crippen molar-refractivity contribution in [3.8, 4) is 0 Å². The second-order valence-corrected chi connectivity index (χ2v) is 11.2. The molecule has 2 aliphatic heterocycles. The number of aryl methyl sites for hydroxylation is 3. The Morgan fingerprint density at radius 3 is 2.22 bits per heavy atom. The van der Waals surface area contributed by atoms with Gasteiger partial charge in [0.2, 0.25) is 5.03 Å². The second kappa shape index (κ2) is 11.1. The highest BCUT2D eigenvalue weighted by atomic mass is 32.2. The normalized spacial score (nSPS) is 17.2. The summed E-state index contributed by atoms with van der Waals surface area (Å²) in [6, 6.07) is 6.27. The van der Waals surface area contributed by atoms with E-state index in [0.717, 1.165) is 16.8 Å². The highest BCUT2D eigenvalue weighted by Gasteiger charge is 2.37. The van der Waals surface area contributed by atoms with Crippen LogP contribution in [0.25, 0.3) is 0 Å². The number of piperazine rings is 2. The summed E-state index contributed by atoms with van der Waals surface area (Å²) < 4.78 is 35.3. The van der Waals surface area contributed by atoms with E-state index in [2.05, 4.69) is 35.1 Å². The molecule has 2 fully saturated rings. The largest absolute Gasteiger partial charge is 0.450 e. The van der Waals surface area contributed by atoms with E-state index in [1.165, 1.54) is 15.2 Å². The Hall–Kier alpha value is -3.12. The fourth-order valence-corrected chi connectivity index (χ4v) is 6.25. The summed E-state index contributed by atoms with van der Waals surface area (Å²) in [5.74, 6) is -0.393. The number of amides is 2. The summed E-state index contributed by atoms with van der Waals surface area (Å²) in [5.41, 5.74) is 3.50. The van der Waals surface area contributed by atoms with Gasteiger partial charge in [0.25, 0.3) is 15.9 Å². The maximum absolute atomic E-state index is 13.7. The zero-order chi connectivity index (χ0) is 26.7. The van der Waals surface area contributed by atoms with Crippen molar-refractivity contribution in [1.82, 2.24) is 23.9 Å². The van der Waals surface area contributed by atoms with Gasteiger partial charge in [-0.2, -0.15) is 9.40 Å². The number of anilines is 1. The Morgan fingerprint density at radius 1 is 0.946 bits per heavy atom. The number of hydrogen-bond acceptors (Lipinski definition) is 7. The van der Waals surface area contributed by atoms with Crippen LogP contribution in [0.5, 0.6) is 0 Å². The van der Waals surface area contributed by atoms with Crippen molar-refractivity contribution in [1.29, 1.82) is 0 Å². The number of nitrogens with zero attached hydrogens (tertiary/aromatic N) is 6. The Bertz CT molecular complexity index is 1240. The molecule has 202 valence electrons. The van der Waals surface area contributed by atoms with Gasteiger partial charge in [0.15, 0.2) is 0 Å². The molecule has 0 radical (unpaired) electrons. The lowest BCUT2D eigenvalue weighted by Crippen LogP contribution is -2.51. The third-order valence-electron chi connectivity index (χ3n) is 6.90. The number of ether oxygens (including phenoxy) is 1. The number of hydrogen-bond donors (Lipinski definition) is 0. The van der Waals surface area contributed by atoms with Crippen LogP contribution >= 0.6 is 0 Å². The molecule has 0 atom stereocenters. The van der Waals surface area contributed by atoms with Crippen molar-refractivity contribution < 1.29 is 22.7 Å². The molecule has 2 amide bonds. The predicted molar refractivity (Wildman–Crippen MR) is 139 cm³/mol. The summed E-state index contributed by atoms with van der Waals surface area (Å²) in [6.07, 6.45) is 1.11. The van der Waals surface area contributed by atoms with Crippen LogP contribution in [0.2, 0.25) is 0 Å². The first-order valence-electron chi connectivity index (χ1n) is 12.8. The molecule has 3 heterocycles. The molecule has 2 saturated heterocycles. The van der Waals surface area contributed by atoms with E-state index >= 15 is 0 Å². The molecule has 12 heteroatoms. The van der Waals surface area contributed by atoms with Crippen LogP contribution < -0.4 is 4.90 Å². The molecule has 1 aromatic heterocycles. The van der Waals surface area contributed by atoms with Crippen LogP contribution in [0, 0.1) is 13.8 Å². The predicted octanol–water partition coefficient (Wildman–Crippen LogP) is 1.95. The monoisotopic (exact) mass is 532 g/mol. The number of carbonyl (C=O) groups is 2. The molecule has 2 aromatic rings. The Morgan fingerprint density at radius 2 is 1.59 bits per heavy atom. The molecular weight excluding hydrogens is 496 g/mol. The lowest BCUT2D eigenvalue weighted by molar-refractivity contribution is 0.0567. The lowest BCUT2D eigenvalue weighted by atomic mass is 10.1. The summed E-state index contributed by atoms with van der Waals surface area (Å²) in [5, 5.41) is 4.10. The molecule has 4 rings (SSSR count). The molecule has 0 spiro atoms. The highest BCUT2D eigenvalue weighted by Crippen LogP contribution is 2.26. The quantitative estimate of drug-likeness (QED) is 0.560. The van der Waals surface area contributed by atoms with Gasteiger partial charge in [-0.1, -0.05) is 12.1 Å². The molecule has 37 heavy (non-hydrogen) atoms. The fourth-order valence-electron chi connectivity index (χ4n) is 4.73. The Kier molecular flexibility index (Phi) is 8.08. The topological polar surface area (TPSA) is 108 Å². The first kappa shape index (κ1) is 26.9. The van der Waals surface area contributed by atoms with Crippen molar-refractivity contribution in [2.24, 2.45) is 0 Å². The van der Waals surface area contributed by atoms with Gasteiger partial charge in [0, 0.05) is 70.8 Å². The van der Waals surface area contributed by atoms with Crippen molar-refractivity contribution in [2.45, 2.75) is 39.3 Å². The third kappa shape index (κ3) is 5.59. The van der Waals surface area contributed by atoms with Crippen molar-refractivity contribution in [3.05, 3.63) is 41.1 Å². The van der Waals surface area contributed by atoms with Gasteiger partial charge in [-0.15, -0.1) is 0 Å².